The summed E-state index contributed by atoms with van der Waals surface area (Å²) < 4.78 is 0. The molecule has 0 spiro atoms. The zero-order chi connectivity index (χ0) is 12.3. The molecule has 100 valence electrons. The van der Waals surface area contributed by atoms with Crippen molar-refractivity contribution in [2.75, 3.05) is 46.8 Å². The summed E-state index contributed by atoms with van der Waals surface area (Å²) in [6.07, 6.45) is 5.44. The Labute approximate surface area is 107 Å². The van der Waals surface area contributed by atoms with Crippen LogP contribution in [0.2, 0.25) is 0 Å². The van der Waals surface area contributed by atoms with Crippen molar-refractivity contribution in [2.45, 2.75) is 38.6 Å². The van der Waals surface area contributed by atoms with Crippen LogP contribution >= 0.6 is 0 Å². The van der Waals surface area contributed by atoms with E-state index in [0.717, 1.165) is 6.04 Å². The summed E-state index contributed by atoms with van der Waals surface area (Å²) in [5.74, 6) is 0. The highest BCUT2D eigenvalue weighted by atomic mass is 15.2. The largest absolute Gasteiger partial charge is 0.317 e. The maximum atomic E-state index is 3.48. The van der Waals surface area contributed by atoms with Crippen molar-refractivity contribution in [1.82, 2.24) is 15.1 Å². The van der Waals surface area contributed by atoms with Crippen LogP contribution in [0.3, 0.4) is 0 Å². The molecule has 1 atom stereocenters. The Balaban J connectivity index is 1.85. The van der Waals surface area contributed by atoms with Crippen molar-refractivity contribution in [2.24, 2.45) is 5.41 Å². The van der Waals surface area contributed by atoms with Crippen LogP contribution in [0.4, 0.5) is 0 Å². The van der Waals surface area contributed by atoms with Crippen molar-refractivity contribution in [3.8, 4) is 0 Å². The standard InChI is InChI=1S/C14H29N3/c1-14(6-8-15-9-7-14)12-17-10-4-5-13(11-17)16(2)3/h13,15H,4-12H2,1-3H3. The highest BCUT2D eigenvalue weighted by molar-refractivity contribution is 4.86. The molecule has 0 amide bonds. The molecular formula is C14H29N3. The predicted octanol–water partition coefficient (Wildman–Crippen LogP) is 1.40. The summed E-state index contributed by atoms with van der Waals surface area (Å²) in [4.78, 5) is 5.11. The van der Waals surface area contributed by atoms with Crippen molar-refractivity contribution >= 4 is 0 Å². The molecular weight excluding hydrogens is 210 g/mol. The summed E-state index contributed by atoms with van der Waals surface area (Å²) in [6, 6.07) is 0.772. The Morgan fingerprint density at radius 2 is 2.00 bits per heavy atom. The van der Waals surface area contributed by atoms with Crippen LogP contribution in [-0.2, 0) is 0 Å². The maximum absolute atomic E-state index is 3.48. The van der Waals surface area contributed by atoms with Crippen LogP contribution in [0, 0.1) is 5.41 Å². The van der Waals surface area contributed by atoms with E-state index in [1.165, 1.54) is 58.4 Å². The molecule has 3 heteroatoms. The van der Waals surface area contributed by atoms with E-state index in [9.17, 15) is 0 Å². The number of hydrogen-bond acceptors (Lipinski definition) is 3. The van der Waals surface area contributed by atoms with Gasteiger partial charge in [0.1, 0.15) is 0 Å². The summed E-state index contributed by atoms with van der Waals surface area (Å²) in [7, 11) is 4.45. The zero-order valence-corrected chi connectivity index (χ0v) is 11.8. The van der Waals surface area contributed by atoms with E-state index in [1.807, 2.05) is 0 Å². The molecule has 0 aromatic rings. The molecule has 2 heterocycles. The minimum Gasteiger partial charge on any atom is -0.317 e. The normalized spacial score (nSPS) is 30.7. The van der Waals surface area contributed by atoms with E-state index in [-0.39, 0.29) is 0 Å². The molecule has 0 bridgehead atoms. The number of nitrogens with zero attached hydrogens (tertiary/aromatic N) is 2. The van der Waals surface area contributed by atoms with Gasteiger partial charge in [0.05, 0.1) is 0 Å². The number of nitrogens with one attached hydrogen (secondary N) is 1. The molecule has 3 nitrogen and oxygen atoms in total. The molecule has 1 unspecified atom stereocenters. The van der Waals surface area contributed by atoms with E-state index in [4.69, 9.17) is 0 Å². The minimum atomic E-state index is 0.555. The van der Waals surface area contributed by atoms with Gasteiger partial charge in [0, 0.05) is 19.1 Å². The van der Waals surface area contributed by atoms with Gasteiger partial charge in [-0.2, -0.15) is 0 Å². The fraction of sp³-hybridized carbons (Fsp3) is 1.00. The molecule has 2 aliphatic heterocycles. The first kappa shape index (κ1) is 13.3. The SMILES string of the molecule is CN(C)C1CCCN(CC2(C)CCNCC2)C1. The zero-order valence-electron chi connectivity index (χ0n) is 11.8. The lowest BCUT2D eigenvalue weighted by atomic mass is 9.80. The third kappa shape index (κ3) is 3.67. The topological polar surface area (TPSA) is 18.5 Å². The lowest BCUT2D eigenvalue weighted by Gasteiger charge is -2.43. The van der Waals surface area contributed by atoms with Gasteiger partial charge < -0.3 is 15.1 Å². The van der Waals surface area contributed by atoms with E-state index in [2.05, 4.69) is 36.1 Å². The number of likely N-dealkylation sites (tertiary alicyclic amines) is 1. The quantitative estimate of drug-likeness (QED) is 0.803. The molecule has 2 rings (SSSR count). The molecule has 2 aliphatic rings. The van der Waals surface area contributed by atoms with Crippen molar-refractivity contribution < 1.29 is 0 Å². The van der Waals surface area contributed by atoms with Crippen LogP contribution < -0.4 is 5.32 Å². The summed E-state index contributed by atoms with van der Waals surface area (Å²) >= 11 is 0. The predicted molar refractivity (Wildman–Crippen MR) is 73.4 cm³/mol. The molecule has 0 aromatic heterocycles. The van der Waals surface area contributed by atoms with Gasteiger partial charge in [-0.1, -0.05) is 6.92 Å². The van der Waals surface area contributed by atoms with Gasteiger partial charge in [-0.3, -0.25) is 0 Å². The Morgan fingerprint density at radius 1 is 1.29 bits per heavy atom. The number of hydrogen-bond donors (Lipinski definition) is 1. The Hall–Kier alpha value is -0.120. The fourth-order valence-electron chi connectivity index (χ4n) is 3.32. The highest BCUT2D eigenvalue weighted by Gasteiger charge is 2.31. The van der Waals surface area contributed by atoms with Crippen molar-refractivity contribution in [3.05, 3.63) is 0 Å². The molecule has 0 aliphatic carbocycles. The Kier molecular flexibility index (Phi) is 4.45. The van der Waals surface area contributed by atoms with E-state index in [0.29, 0.717) is 5.41 Å². The Bertz CT molecular complexity index is 234. The van der Waals surface area contributed by atoms with Gasteiger partial charge in [0.2, 0.25) is 0 Å². The van der Waals surface area contributed by atoms with Crippen LogP contribution in [0.1, 0.15) is 32.6 Å². The molecule has 2 fully saturated rings. The maximum Gasteiger partial charge on any atom is 0.0217 e. The highest BCUT2D eigenvalue weighted by Crippen LogP contribution is 2.30. The third-order valence-electron chi connectivity index (χ3n) is 4.63. The molecule has 0 aromatic carbocycles. The van der Waals surface area contributed by atoms with Gasteiger partial charge >= 0.3 is 0 Å². The third-order valence-corrected chi connectivity index (χ3v) is 4.63. The van der Waals surface area contributed by atoms with Crippen LogP contribution in [-0.4, -0.2) is 62.7 Å². The van der Waals surface area contributed by atoms with E-state index < -0.39 is 0 Å². The molecule has 0 radical (unpaired) electrons. The second-order valence-corrected chi connectivity index (χ2v) is 6.56. The van der Waals surface area contributed by atoms with Crippen LogP contribution in [0.15, 0.2) is 0 Å². The number of likely N-dealkylation sites (N-methyl/N-ethyl adjacent to an activating group) is 1. The van der Waals surface area contributed by atoms with E-state index in [1.54, 1.807) is 0 Å². The minimum absolute atomic E-state index is 0.555. The van der Waals surface area contributed by atoms with Crippen molar-refractivity contribution in [3.63, 3.8) is 0 Å². The number of rotatable bonds is 3. The van der Waals surface area contributed by atoms with Crippen LogP contribution in [0.5, 0.6) is 0 Å². The fourth-order valence-corrected chi connectivity index (χ4v) is 3.32. The lowest BCUT2D eigenvalue weighted by Crippen LogP contribution is -2.50. The first-order chi connectivity index (χ1) is 8.09. The van der Waals surface area contributed by atoms with Crippen molar-refractivity contribution in [1.29, 1.82) is 0 Å². The smallest absolute Gasteiger partial charge is 0.0217 e. The van der Waals surface area contributed by atoms with Crippen LogP contribution in [0.25, 0.3) is 0 Å². The second-order valence-electron chi connectivity index (χ2n) is 6.56. The summed E-state index contributed by atoms with van der Waals surface area (Å²) in [6.45, 7) is 8.79. The average molecular weight is 239 g/mol. The van der Waals surface area contributed by atoms with Gasteiger partial charge in [0.25, 0.3) is 0 Å². The van der Waals surface area contributed by atoms with Gasteiger partial charge in [0.15, 0.2) is 0 Å². The lowest BCUT2D eigenvalue weighted by molar-refractivity contribution is 0.0756. The van der Waals surface area contributed by atoms with Gasteiger partial charge in [-0.25, -0.2) is 0 Å². The molecule has 1 N–H and O–H groups in total. The Morgan fingerprint density at radius 3 is 2.65 bits per heavy atom. The van der Waals surface area contributed by atoms with Gasteiger partial charge in [-0.05, 0) is 64.8 Å². The summed E-state index contributed by atoms with van der Waals surface area (Å²) in [5, 5.41) is 3.48. The summed E-state index contributed by atoms with van der Waals surface area (Å²) in [5.41, 5.74) is 0.555. The first-order valence-corrected chi connectivity index (χ1v) is 7.19. The number of piperidine rings is 2. The first-order valence-electron chi connectivity index (χ1n) is 7.19. The average Bonchev–Trinajstić information content (AvgIpc) is 2.29. The van der Waals surface area contributed by atoms with Gasteiger partial charge in [-0.15, -0.1) is 0 Å². The monoisotopic (exact) mass is 239 g/mol. The second kappa shape index (κ2) is 5.68. The molecule has 2 saturated heterocycles. The molecule has 0 saturated carbocycles. The van der Waals surface area contributed by atoms with E-state index >= 15 is 0 Å². The molecule has 17 heavy (non-hydrogen) atoms.